The first-order valence-electron chi connectivity index (χ1n) is 4.30. The lowest BCUT2D eigenvalue weighted by molar-refractivity contribution is 0.344. The van der Waals surface area contributed by atoms with Gasteiger partial charge in [0.1, 0.15) is 5.52 Å². The maximum Gasteiger partial charge on any atom is 0.181 e. The Morgan fingerprint density at radius 2 is 2.20 bits per heavy atom. The Kier molecular flexibility index (Phi) is 2.91. The lowest BCUT2D eigenvalue weighted by Gasteiger charge is -2.06. The average molecular weight is 263 g/mol. The van der Waals surface area contributed by atoms with E-state index >= 15 is 0 Å². The van der Waals surface area contributed by atoms with Crippen molar-refractivity contribution in [3.8, 4) is 5.75 Å². The highest BCUT2D eigenvalue weighted by Crippen LogP contribution is 2.41. The molecule has 0 spiro atoms. The third kappa shape index (κ3) is 1.85. The Bertz CT molecular complexity index is 512. The van der Waals surface area contributed by atoms with E-state index in [1.165, 1.54) is 11.3 Å². The van der Waals surface area contributed by atoms with E-state index in [0.29, 0.717) is 33.0 Å². The second kappa shape index (κ2) is 4.04. The second-order valence-electron chi connectivity index (χ2n) is 2.83. The molecule has 80 valence electrons. The van der Waals surface area contributed by atoms with Crippen LogP contribution in [-0.2, 0) is 0 Å². The molecule has 6 heteroatoms. The van der Waals surface area contributed by atoms with Crippen LogP contribution in [0.2, 0.25) is 10.0 Å². The summed E-state index contributed by atoms with van der Waals surface area (Å²) in [4.78, 5) is 4.16. The molecule has 0 radical (unpaired) electrons. The van der Waals surface area contributed by atoms with Gasteiger partial charge in [-0.25, -0.2) is 4.98 Å². The van der Waals surface area contributed by atoms with Crippen LogP contribution in [-0.4, -0.2) is 11.6 Å². The van der Waals surface area contributed by atoms with E-state index < -0.39 is 0 Å². The maximum absolute atomic E-state index is 6.02. The third-order valence-electron chi connectivity index (χ3n) is 1.83. The van der Waals surface area contributed by atoms with Crippen LogP contribution in [0.15, 0.2) is 6.07 Å². The maximum atomic E-state index is 6.02. The second-order valence-corrected chi connectivity index (χ2v) is 4.68. The zero-order valence-corrected chi connectivity index (χ0v) is 10.2. The van der Waals surface area contributed by atoms with Crippen molar-refractivity contribution in [2.24, 2.45) is 0 Å². The lowest BCUT2D eigenvalue weighted by Crippen LogP contribution is -1.93. The molecule has 1 aromatic carbocycles. The molecular weight excluding hydrogens is 255 g/mol. The number of ether oxygens (including phenoxy) is 1. The predicted molar refractivity (Wildman–Crippen MR) is 65.2 cm³/mol. The molecule has 2 rings (SSSR count). The van der Waals surface area contributed by atoms with Gasteiger partial charge in [0.05, 0.1) is 21.4 Å². The third-order valence-corrected chi connectivity index (χ3v) is 3.44. The number of hydrogen-bond acceptors (Lipinski definition) is 4. The molecule has 0 aliphatic rings. The van der Waals surface area contributed by atoms with Crippen molar-refractivity contribution in [3.05, 3.63) is 16.1 Å². The van der Waals surface area contributed by atoms with Crippen LogP contribution >= 0.6 is 34.5 Å². The van der Waals surface area contributed by atoms with E-state index in [4.69, 9.17) is 33.7 Å². The summed E-state index contributed by atoms with van der Waals surface area (Å²) in [5, 5.41) is 1.46. The van der Waals surface area contributed by atoms with Crippen LogP contribution in [0, 0.1) is 0 Å². The van der Waals surface area contributed by atoms with E-state index in [2.05, 4.69) is 4.98 Å². The summed E-state index contributed by atoms with van der Waals surface area (Å²) in [5.74, 6) is 0.548. The van der Waals surface area contributed by atoms with Crippen LogP contribution in [0.1, 0.15) is 6.92 Å². The zero-order chi connectivity index (χ0) is 11.0. The molecule has 0 atom stereocenters. The number of fused-ring (bicyclic) bond motifs is 1. The molecule has 1 aromatic heterocycles. The number of rotatable bonds is 2. The number of halogens is 2. The van der Waals surface area contributed by atoms with Crippen molar-refractivity contribution in [2.75, 3.05) is 12.3 Å². The Morgan fingerprint density at radius 3 is 2.87 bits per heavy atom. The summed E-state index contributed by atoms with van der Waals surface area (Å²) >= 11 is 13.4. The van der Waals surface area contributed by atoms with Crippen LogP contribution in [0.3, 0.4) is 0 Å². The molecule has 0 saturated carbocycles. The molecule has 0 amide bonds. The number of nitrogens with two attached hydrogens (primary N) is 1. The summed E-state index contributed by atoms with van der Waals surface area (Å²) in [7, 11) is 0. The molecule has 0 aliphatic heterocycles. The van der Waals surface area contributed by atoms with E-state index in [1.807, 2.05) is 6.92 Å². The molecule has 1 heterocycles. The van der Waals surface area contributed by atoms with Crippen molar-refractivity contribution in [2.45, 2.75) is 6.92 Å². The summed E-state index contributed by atoms with van der Waals surface area (Å²) in [6.07, 6.45) is 0. The minimum Gasteiger partial charge on any atom is -0.490 e. The number of nitrogens with zero attached hydrogens (tertiary/aromatic N) is 1. The molecule has 2 N–H and O–H groups in total. The molecule has 0 unspecified atom stereocenters. The van der Waals surface area contributed by atoms with Gasteiger partial charge >= 0.3 is 0 Å². The van der Waals surface area contributed by atoms with Crippen molar-refractivity contribution in [1.82, 2.24) is 4.98 Å². The van der Waals surface area contributed by atoms with Gasteiger partial charge in [0.2, 0.25) is 0 Å². The van der Waals surface area contributed by atoms with Gasteiger partial charge in [-0.15, -0.1) is 0 Å². The molecular formula is C9H8Cl2N2OS. The highest BCUT2D eigenvalue weighted by Gasteiger charge is 2.15. The summed E-state index contributed by atoms with van der Waals surface area (Å²) in [6.45, 7) is 2.40. The molecule has 3 nitrogen and oxygen atoms in total. The van der Waals surface area contributed by atoms with Crippen molar-refractivity contribution >= 4 is 49.9 Å². The quantitative estimate of drug-likeness (QED) is 0.900. The molecule has 0 fully saturated rings. The smallest absolute Gasteiger partial charge is 0.181 e. The number of anilines is 1. The Labute approximate surface area is 101 Å². The van der Waals surface area contributed by atoms with Crippen LogP contribution in [0.4, 0.5) is 5.13 Å². The summed E-state index contributed by atoms with van der Waals surface area (Å²) < 4.78 is 6.22. The van der Waals surface area contributed by atoms with Crippen molar-refractivity contribution < 1.29 is 4.74 Å². The van der Waals surface area contributed by atoms with E-state index in [-0.39, 0.29) is 0 Å². The van der Waals surface area contributed by atoms with Crippen molar-refractivity contribution in [1.29, 1.82) is 0 Å². The molecule has 0 aliphatic carbocycles. The van der Waals surface area contributed by atoms with Crippen molar-refractivity contribution in [3.63, 3.8) is 0 Å². The number of hydrogen-bond donors (Lipinski definition) is 1. The molecule has 0 bridgehead atoms. The van der Waals surface area contributed by atoms with Gasteiger partial charge in [-0.2, -0.15) is 0 Å². The fraction of sp³-hybridized carbons (Fsp3) is 0.222. The Morgan fingerprint density at radius 1 is 1.47 bits per heavy atom. The lowest BCUT2D eigenvalue weighted by atomic mass is 10.3. The minimum atomic E-state index is 0.454. The highest BCUT2D eigenvalue weighted by molar-refractivity contribution is 7.22. The van der Waals surface area contributed by atoms with E-state index in [1.54, 1.807) is 6.07 Å². The highest BCUT2D eigenvalue weighted by atomic mass is 35.5. The Balaban J connectivity index is 2.76. The normalized spacial score (nSPS) is 10.9. The van der Waals surface area contributed by atoms with Gasteiger partial charge in [-0.05, 0) is 13.0 Å². The zero-order valence-electron chi connectivity index (χ0n) is 7.88. The first-order chi connectivity index (χ1) is 7.13. The summed E-state index contributed by atoms with van der Waals surface area (Å²) in [6, 6.07) is 1.65. The van der Waals surface area contributed by atoms with Crippen LogP contribution in [0.25, 0.3) is 10.2 Å². The molecule has 2 aromatic rings. The molecule has 15 heavy (non-hydrogen) atoms. The number of thiazole rings is 1. The van der Waals surface area contributed by atoms with Gasteiger partial charge in [-0.3, -0.25) is 0 Å². The predicted octanol–water partition coefficient (Wildman–Crippen LogP) is 3.58. The number of nitrogen functional groups attached to an aromatic ring is 1. The largest absolute Gasteiger partial charge is 0.490 e. The monoisotopic (exact) mass is 262 g/mol. The van der Waals surface area contributed by atoms with Gasteiger partial charge in [0.25, 0.3) is 0 Å². The topological polar surface area (TPSA) is 48.1 Å². The fourth-order valence-electron chi connectivity index (χ4n) is 1.29. The fourth-order valence-corrected chi connectivity index (χ4v) is 2.65. The first kappa shape index (κ1) is 10.8. The van der Waals surface area contributed by atoms with E-state index in [9.17, 15) is 0 Å². The van der Waals surface area contributed by atoms with Gasteiger partial charge in [0.15, 0.2) is 10.9 Å². The van der Waals surface area contributed by atoms with Crippen LogP contribution < -0.4 is 10.5 Å². The molecule has 0 saturated heterocycles. The van der Waals surface area contributed by atoms with Gasteiger partial charge in [0, 0.05) is 0 Å². The van der Waals surface area contributed by atoms with Gasteiger partial charge < -0.3 is 10.5 Å². The average Bonchev–Trinajstić information content (AvgIpc) is 2.55. The van der Waals surface area contributed by atoms with Crippen LogP contribution in [0.5, 0.6) is 5.75 Å². The number of benzene rings is 1. The minimum absolute atomic E-state index is 0.454. The first-order valence-corrected chi connectivity index (χ1v) is 5.87. The van der Waals surface area contributed by atoms with Gasteiger partial charge in [-0.1, -0.05) is 34.5 Å². The SMILES string of the molecule is CCOc1c(Cl)cc(Cl)c2sc(N)nc12. The Hall–Kier alpha value is -0.710. The van der Waals surface area contributed by atoms with E-state index in [0.717, 1.165) is 4.70 Å². The summed E-state index contributed by atoms with van der Waals surface area (Å²) in [5.41, 5.74) is 6.26. The number of aromatic nitrogens is 1. The standard InChI is InChI=1S/C9H8Cl2N2OS/c1-2-14-7-4(10)3-5(11)8-6(7)13-9(12)15-8/h3H,2H2,1H3,(H2,12,13).